The number of para-hydroxylation sites is 1. The van der Waals surface area contributed by atoms with Crippen LogP contribution in [0, 0.1) is 0 Å². The first-order chi connectivity index (χ1) is 9.01. The number of benzene rings is 1. The van der Waals surface area contributed by atoms with Gasteiger partial charge in [-0.2, -0.15) is 0 Å². The van der Waals surface area contributed by atoms with Gasteiger partial charge in [0.2, 0.25) is 0 Å². The van der Waals surface area contributed by atoms with E-state index in [4.69, 9.17) is 14.0 Å². The van der Waals surface area contributed by atoms with Crippen LogP contribution in [0.4, 0.5) is 0 Å². The normalized spacial score (nSPS) is 14.6. The van der Waals surface area contributed by atoms with Crippen molar-refractivity contribution in [1.82, 2.24) is 0 Å². The van der Waals surface area contributed by atoms with Gasteiger partial charge >= 0.3 is 14.1 Å². The average Bonchev–Trinajstić information content (AvgIpc) is 2.39. The van der Waals surface area contributed by atoms with Crippen LogP contribution in [0.1, 0.15) is 13.8 Å². The Hall–Kier alpha value is -1.49. The largest absolute Gasteiger partial charge is 0.575 e. The summed E-state index contributed by atoms with van der Waals surface area (Å²) in [5.74, 6) is -0.313. The molecule has 19 heavy (non-hydrogen) atoms. The van der Waals surface area contributed by atoms with Crippen LogP contribution in [-0.2, 0) is 14.3 Å². The Morgan fingerprint density at radius 1 is 1.42 bits per heavy atom. The molecule has 0 bridgehead atoms. The second-order valence-electron chi connectivity index (χ2n) is 3.65. The van der Waals surface area contributed by atoms with Crippen molar-refractivity contribution in [2.75, 3.05) is 13.7 Å². The number of hydrogen-bond acceptors (Lipinski definition) is 6. The van der Waals surface area contributed by atoms with Gasteiger partial charge in [-0.1, -0.05) is 18.2 Å². The highest BCUT2D eigenvalue weighted by molar-refractivity contribution is 7.34. The Kier molecular flexibility index (Phi) is 5.89. The van der Waals surface area contributed by atoms with Crippen molar-refractivity contribution in [3.63, 3.8) is 0 Å². The van der Waals surface area contributed by atoms with Crippen LogP contribution >= 0.6 is 8.17 Å². The molecule has 6 nitrogen and oxygen atoms in total. The van der Waals surface area contributed by atoms with E-state index >= 15 is 0 Å². The number of rotatable bonds is 6. The SMILES string of the molecule is CCOC(=O)[C@](C)(N=[P+]([O-])Oc1ccccc1)OC. The summed E-state index contributed by atoms with van der Waals surface area (Å²) in [6, 6.07) is 8.54. The fourth-order valence-corrected chi connectivity index (χ4v) is 2.00. The van der Waals surface area contributed by atoms with E-state index in [0.29, 0.717) is 5.75 Å². The highest BCUT2D eigenvalue weighted by atomic mass is 31.1. The van der Waals surface area contributed by atoms with E-state index < -0.39 is 19.9 Å². The molecule has 0 heterocycles. The van der Waals surface area contributed by atoms with Crippen molar-refractivity contribution in [1.29, 1.82) is 0 Å². The Morgan fingerprint density at radius 3 is 2.58 bits per heavy atom. The van der Waals surface area contributed by atoms with E-state index in [-0.39, 0.29) is 6.61 Å². The number of methoxy groups -OCH3 is 1. The third-order valence-corrected chi connectivity index (χ3v) is 3.16. The molecule has 0 radical (unpaired) electrons. The van der Waals surface area contributed by atoms with Crippen LogP contribution in [0.5, 0.6) is 5.75 Å². The lowest BCUT2D eigenvalue weighted by molar-refractivity contribution is -0.177. The van der Waals surface area contributed by atoms with Gasteiger partial charge in [0.15, 0.2) is 5.75 Å². The number of hydrogen-bond donors (Lipinski definition) is 0. The molecule has 1 aromatic rings. The molecule has 0 saturated carbocycles. The lowest BCUT2D eigenvalue weighted by Gasteiger charge is -2.17. The smallest absolute Gasteiger partial charge is 0.398 e. The Bertz CT molecular complexity index is 451. The van der Waals surface area contributed by atoms with E-state index in [0.717, 1.165) is 0 Å². The zero-order valence-electron chi connectivity index (χ0n) is 11.0. The first-order valence-corrected chi connectivity index (χ1v) is 6.80. The van der Waals surface area contributed by atoms with Gasteiger partial charge in [0.25, 0.3) is 5.72 Å². The van der Waals surface area contributed by atoms with Gasteiger partial charge in [-0.05, 0) is 23.8 Å². The number of ether oxygens (including phenoxy) is 2. The minimum Gasteiger partial charge on any atom is -0.575 e. The molecule has 0 fully saturated rings. The van der Waals surface area contributed by atoms with E-state index in [9.17, 15) is 9.69 Å². The quantitative estimate of drug-likeness (QED) is 0.588. The summed E-state index contributed by atoms with van der Waals surface area (Å²) in [5.41, 5.74) is -1.64. The summed E-state index contributed by atoms with van der Waals surface area (Å²) >= 11 is 0. The molecule has 0 aliphatic carbocycles. The molecule has 1 unspecified atom stereocenters. The molecule has 1 aromatic carbocycles. The van der Waals surface area contributed by atoms with E-state index in [1.165, 1.54) is 14.0 Å². The maximum Gasteiger partial charge on any atom is 0.398 e. The molecule has 0 amide bonds. The molecule has 0 saturated heterocycles. The minimum atomic E-state index is -2.44. The standard InChI is InChI=1S/C12H16NO5P/c1-4-17-11(14)12(2,16-3)13-19(15)18-10-8-6-5-7-9-10/h5-9H,4H2,1-3H3/t12-/m1/s1. The molecule has 104 valence electrons. The maximum absolute atomic E-state index is 11.8. The van der Waals surface area contributed by atoms with Crippen molar-refractivity contribution in [3.05, 3.63) is 30.3 Å². The third-order valence-electron chi connectivity index (χ3n) is 2.25. The summed E-state index contributed by atoms with van der Waals surface area (Å²) in [4.78, 5) is 23.4. The van der Waals surface area contributed by atoms with Crippen LogP contribution in [0.15, 0.2) is 35.1 Å². The number of nitrogens with zero attached hydrogens (tertiary/aromatic N) is 1. The number of carbonyl (C=O) groups is 1. The first-order valence-electron chi connectivity index (χ1n) is 5.67. The van der Waals surface area contributed by atoms with Crippen LogP contribution in [0.25, 0.3) is 0 Å². The fourth-order valence-electron chi connectivity index (χ4n) is 1.18. The van der Waals surface area contributed by atoms with Crippen molar-refractivity contribution in [2.45, 2.75) is 19.6 Å². The predicted octanol–water partition coefficient (Wildman–Crippen LogP) is 1.85. The number of carbonyl (C=O) groups excluding carboxylic acids is 1. The predicted molar refractivity (Wildman–Crippen MR) is 68.5 cm³/mol. The van der Waals surface area contributed by atoms with Crippen LogP contribution in [-0.4, -0.2) is 25.4 Å². The van der Waals surface area contributed by atoms with Crippen molar-refractivity contribution in [3.8, 4) is 5.75 Å². The van der Waals surface area contributed by atoms with Gasteiger partial charge in [0.1, 0.15) is 0 Å². The first kappa shape index (κ1) is 15.6. The topological polar surface area (TPSA) is 80.2 Å². The van der Waals surface area contributed by atoms with Gasteiger partial charge in [-0.3, -0.25) is 4.52 Å². The molecule has 1 rings (SSSR count). The molecule has 0 aliphatic rings. The van der Waals surface area contributed by atoms with Gasteiger partial charge < -0.3 is 14.4 Å². The van der Waals surface area contributed by atoms with Crippen molar-refractivity contribution in [2.24, 2.45) is 4.74 Å². The Morgan fingerprint density at radius 2 is 2.05 bits per heavy atom. The summed E-state index contributed by atoms with van der Waals surface area (Å²) in [5, 5.41) is 0. The Labute approximate surface area is 112 Å². The number of esters is 1. The second kappa shape index (κ2) is 7.19. The molecular weight excluding hydrogens is 269 g/mol. The highest BCUT2D eigenvalue weighted by Crippen LogP contribution is 2.28. The molecule has 0 N–H and O–H groups in total. The molecular formula is C12H16NO5P. The third kappa shape index (κ3) is 4.59. The molecule has 0 aromatic heterocycles. The van der Waals surface area contributed by atoms with Gasteiger partial charge in [-0.15, -0.1) is 0 Å². The van der Waals surface area contributed by atoms with Gasteiger partial charge in [0.05, 0.1) is 6.61 Å². The molecule has 0 aliphatic heterocycles. The van der Waals surface area contributed by atoms with Gasteiger partial charge in [-0.25, -0.2) is 4.79 Å². The van der Waals surface area contributed by atoms with Gasteiger partial charge in [0, 0.05) is 14.0 Å². The van der Waals surface area contributed by atoms with Crippen LogP contribution < -0.4 is 9.42 Å². The summed E-state index contributed by atoms with van der Waals surface area (Å²) in [6.45, 7) is 3.21. The summed E-state index contributed by atoms with van der Waals surface area (Å²) in [7, 11) is -1.16. The monoisotopic (exact) mass is 285 g/mol. The van der Waals surface area contributed by atoms with E-state index in [1.54, 1.807) is 37.3 Å². The van der Waals surface area contributed by atoms with E-state index in [2.05, 4.69) is 4.74 Å². The van der Waals surface area contributed by atoms with Crippen LogP contribution in [0.3, 0.4) is 0 Å². The zero-order chi connectivity index (χ0) is 14.3. The van der Waals surface area contributed by atoms with Crippen molar-refractivity contribution < 1.29 is 23.7 Å². The fraction of sp³-hybridized carbons (Fsp3) is 0.417. The van der Waals surface area contributed by atoms with E-state index in [1.807, 2.05) is 0 Å². The summed E-state index contributed by atoms with van der Waals surface area (Å²) in [6.07, 6.45) is 0. The molecule has 2 atom stereocenters. The highest BCUT2D eigenvalue weighted by Gasteiger charge is 2.39. The average molecular weight is 285 g/mol. The second-order valence-corrected chi connectivity index (χ2v) is 4.51. The maximum atomic E-state index is 11.8. The Balaban J connectivity index is 2.82. The van der Waals surface area contributed by atoms with Crippen molar-refractivity contribution >= 4 is 14.1 Å². The summed E-state index contributed by atoms with van der Waals surface area (Å²) < 4.78 is 18.6. The zero-order valence-corrected chi connectivity index (χ0v) is 11.9. The van der Waals surface area contributed by atoms with Crippen LogP contribution in [0.2, 0.25) is 0 Å². The lowest BCUT2D eigenvalue weighted by atomic mass is 10.3. The minimum absolute atomic E-state index is 0.184. The molecule has 0 spiro atoms. The lowest BCUT2D eigenvalue weighted by Crippen LogP contribution is -2.37. The molecule has 7 heteroatoms.